The molecule has 0 amide bonds. The van der Waals surface area contributed by atoms with Crippen molar-refractivity contribution in [2.24, 2.45) is 5.73 Å². The minimum absolute atomic E-state index is 0.0412. The first-order valence-corrected chi connectivity index (χ1v) is 7.12. The minimum Gasteiger partial charge on any atom is -0.486 e. The van der Waals surface area contributed by atoms with Gasteiger partial charge in [0.15, 0.2) is 0 Å². The van der Waals surface area contributed by atoms with Gasteiger partial charge in [-0.05, 0) is 26.0 Å². The molecule has 19 heavy (non-hydrogen) atoms. The van der Waals surface area contributed by atoms with E-state index in [2.05, 4.69) is 9.44 Å². The van der Waals surface area contributed by atoms with E-state index in [-0.39, 0.29) is 18.5 Å². The Bertz CT molecular complexity index is 543. The van der Waals surface area contributed by atoms with E-state index in [0.717, 1.165) is 0 Å². The first-order valence-electron chi connectivity index (χ1n) is 5.64. The molecule has 0 radical (unpaired) electrons. The molecule has 0 saturated heterocycles. The van der Waals surface area contributed by atoms with Crippen LogP contribution in [0.2, 0.25) is 0 Å². The molecule has 0 atom stereocenters. The van der Waals surface area contributed by atoms with Crippen LogP contribution in [0.4, 0.5) is 5.69 Å². The summed E-state index contributed by atoms with van der Waals surface area (Å²) in [4.78, 5) is 0. The highest BCUT2D eigenvalue weighted by Crippen LogP contribution is 2.18. The van der Waals surface area contributed by atoms with E-state index in [1.165, 1.54) is 6.07 Å². The number of ether oxygens (including phenoxy) is 1. The van der Waals surface area contributed by atoms with Crippen molar-refractivity contribution in [3.63, 3.8) is 0 Å². The molecule has 0 aliphatic carbocycles. The van der Waals surface area contributed by atoms with E-state index < -0.39 is 10.2 Å². The summed E-state index contributed by atoms with van der Waals surface area (Å²) in [7, 11) is -3.60. The lowest BCUT2D eigenvalue weighted by Crippen LogP contribution is -2.35. The van der Waals surface area contributed by atoms with Crippen molar-refractivity contribution in [1.29, 1.82) is 5.41 Å². The van der Waals surface area contributed by atoms with E-state index in [9.17, 15) is 8.42 Å². The normalized spacial score (nSPS) is 11.3. The van der Waals surface area contributed by atoms with Crippen LogP contribution in [0.1, 0.15) is 13.8 Å². The first-order chi connectivity index (χ1) is 8.78. The summed E-state index contributed by atoms with van der Waals surface area (Å²) in [6.07, 6.45) is 0. The molecule has 1 aromatic rings. The molecule has 0 heterocycles. The second-order valence-electron chi connectivity index (χ2n) is 4.22. The lowest BCUT2D eigenvalue weighted by atomic mass is 10.3. The zero-order valence-corrected chi connectivity index (χ0v) is 11.6. The number of hydrogen-bond donors (Lipinski definition) is 4. The van der Waals surface area contributed by atoms with Crippen LogP contribution in [0.15, 0.2) is 24.3 Å². The van der Waals surface area contributed by atoms with E-state index in [4.69, 9.17) is 15.9 Å². The average molecular weight is 286 g/mol. The van der Waals surface area contributed by atoms with Crippen LogP contribution in [-0.2, 0) is 10.2 Å². The largest absolute Gasteiger partial charge is 0.486 e. The Morgan fingerprint density at radius 1 is 1.47 bits per heavy atom. The second-order valence-corrected chi connectivity index (χ2v) is 5.67. The fraction of sp³-hybridized carbons (Fsp3) is 0.364. The number of nitrogens with one attached hydrogen (secondary N) is 3. The summed E-state index contributed by atoms with van der Waals surface area (Å²) in [6.45, 7) is 3.41. The molecule has 0 fully saturated rings. The quantitative estimate of drug-likeness (QED) is 0.435. The first kappa shape index (κ1) is 15.3. The number of amidine groups is 1. The maximum atomic E-state index is 11.7. The minimum atomic E-state index is -3.60. The van der Waals surface area contributed by atoms with Crippen molar-refractivity contribution in [1.82, 2.24) is 4.72 Å². The highest BCUT2D eigenvalue weighted by molar-refractivity contribution is 7.90. The molecule has 0 saturated carbocycles. The van der Waals surface area contributed by atoms with Gasteiger partial charge in [0.1, 0.15) is 18.2 Å². The molecular weight excluding hydrogens is 268 g/mol. The Morgan fingerprint density at radius 2 is 2.16 bits per heavy atom. The third-order valence-corrected chi connectivity index (χ3v) is 3.16. The van der Waals surface area contributed by atoms with Gasteiger partial charge in [-0.25, -0.2) is 0 Å². The van der Waals surface area contributed by atoms with Gasteiger partial charge in [-0.3, -0.25) is 10.1 Å². The van der Waals surface area contributed by atoms with Gasteiger partial charge in [0.2, 0.25) is 0 Å². The zero-order valence-electron chi connectivity index (χ0n) is 10.8. The predicted molar refractivity (Wildman–Crippen MR) is 74.7 cm³/mol. The molecule has 0 aliphatic heterocycles. The molecule has 0 aromatic heterocycles. The SMILES string of the molecule is CC(C)NS(=O)(=O)Nc1cccc(OCC(=N)N)c1. The maximum absolute atomic E-state index is 11.7. The Kier molecular flexibility index (Phi) is 5.13. The van der Waals surface area contributed by atoms with E-state index in [0.29, 0.717) is 11.4 Å². The van der Waals surface area contributed by atoms with Gasteiger partial charge in [-0.15, -0.1) is 0 Å². The van der Waals surface area contributed by atoms with Crippen molar-refractivity contribution in [3.05, 3.63) is 24.3 Å². The van der Waals surface area contributed by atoms with Crippen molar-refractivity contribution in [2.75, 3.05) is 11.3 Å². The number of rotatable bonds is 7. The van der Waals surface area contributed by atoms with Crippen molar-refractivity contribution < 1.29 is 13.2 Å². The molecule has 0 aliphatic rings. The van der Waals surface area contributed by atoms with Crippen LogP contribution in [0, 0.1) is 5.41 Å². The molecule has 5 N–H and O–H groups in total. The summed E-state index contributed by atoms with van der Waals surface area (Å²) >= 11 is 0. The Labute approximate surface area is 112 Å². The molecule has 0 bridgehead atoms. The van der Waals surface area contributed by atoms with Crippen LogP contribution in [0.5, 0.6) is 5.75 Å². The third-order valence-electron chi connectivity index (χ3n) is 1.87. The third kappa shape index (κ3) is 6.07. The van der Waals surface area contributed by atoms with Gasteiger partial charge < -0.3 is 10.5 Å². The Morgan fingerprint density at radius 3 is 2.74 bits per heavy atom. The smallest absolute Gasteiger partial charge is 0.299 e. The molecule has 106 valence electrons. The number of anilines is 1. The van der Waals surface area contributed by atoms with Gasteiger partial charge in [0.05, 0.1) is 5.69 Å². The average Bonchev–Trinajstić information content (AvgIpc) is 2.24. The fourth-order valence-electron chi connectivity index (χ4n) is 1.31. The molecule has 0 spiro atoms. The van der Waals surface area contributed by atoms with Gasteiger partial charge in [0.25, 0.3) is 10.2 Å². The van der Waals surface area contributed by atoms with Crippen LogP contribution in [0.3, 0.4) is 0 Å². The lowest BCUT2D eigenvalue weighted by molar-refractivity contribution is 0.374. The highest BCUT2D eigenvalue weighted by Gasteiger charge is 2.11. The number of benzene rings is 1. The van der Waals surface area contributed by atoms with Gasteiger partial charge in [-0.1, -0.05) is 6.07 Å². The van der Waals surface area contributed by atoms with Gasteiger partial charge in [-0.2, -0.15) is 13.1 Å². The van der Waals surface area contributed by atoms with Crippen LogP contribution >= 0.6 is 0 Å². The van der Waals surface area contributed by atoms with Crippen molar-refractivity contribution in [2.45, 2.75) is 19.9 Å². The van der Waals surface area contributed by atoms with E-state index in [1.807, 2.05) is 0 Å². The van der Waals surface area contributed by atoms with E-state index >= 15 is 0 Å². The van der Waals surface area contributed by atoms with Crippen molar-refractivity contribution in [3.8, 4) is 5.75 Å². The van der Waals surface area contributed by atoms with Crippen molar-refractivity contribution >= 4 is 21.7 Å². The molecular formula is C11H18N4O3S. The lowest BCUT2D eigenvalue weighted by Gasteiger charge is -2.12. The maximum Gasteiger partial charge on any atom is 0.299 e. The van der Waals surface area contributed by atoms with Crippen LogP contribution in [-0.4, -0.2) is 26.9 Å². The topological polar surface area (TPSA) is 117 Å². The van der Waals surface area contributed by atoms with Crippen LogP contribution < -0.4 is 19.9 Å². The standard InChI is InChI=1S/C11H18N4O3S/c1-8(2)14-19(16,17)15-9-4-3-5-10(6-9)18-7-11(12)13/h3-6,8,14-15H,7H2,1-2H3,(H3,12,13). The number of nitrogens with two attached hydrogens (primary N) is 1. The fourth-order valence-corrected chi connectivity index (χ4v) is 2.42. The molecule has 0 unspecified atom stereocenters. The second kappa shape index (κ2) is 6.39. The zero-order chi connectivity index (χ0) is 14.5. The predicted octanol–water partition coefficient (Wildman–Crippen LogP) is 0.656. The summed E-state index contributed by atoms with van der Waals surface area (Å²) < 4.78 is 33.3. The number of hydrogen-bond acceptors (Lipinski definition) is 4. The monoisotopic (exact) mass is 286 g/mol. The Balaban J connectivity index is 2.74. The molecule has 1 aromatic carbocycles. The molecule has 1 rings (SSSR count). The Hall–Kier alpha value is -1.80. The van der Waals surface area contributed by atoms with Crippen LogP contribution in [0.25, 0.3) is 0 Å². The summed E-state index contributed by atoms with van der Waals surface area (Å²) in [5, 5.41) is 7.05. The van der Waals surface area contributed by atoms with Gasteiger partial charge in [0, 0.05) is 12.1 Å². The van der Waals surface area contributed by atoms with Gasteiger partial charge >= 0.3 is 0 Å². The summed E-state index contributed by atoms with van der Waals surface area (Å²) in [5.41, 5.74) is 5.54. The van der Waals surface area contributed by atoms with E-state index in [1.54, 1.807) is 32.0 Å². The summed E-state index contributed by atoms with van der Waals surface area (Å²) in [5.74, 6) is 0.326. The highest BCUT2D eigenvalue weighted by atomic mass is 32.2. The summed E-state index contributed by atoms with van der Waals surface area (Å²) in [6, 6.07) is 6.21. The molecule has 8 heteroatoms. The molecule has 7 nitrogen and oxygen atoms in total.